The first kappa shape index (κ1) is 16.4. The van der Waals surface area contributed by atoms with E-state index >= 15 is 0 Å². The Morgan fingerprint density at radius 2 is 2.37 bits per heavy atom. The maximum absolute atomic E-state index is 11.9. The van der Waals surface area contributed by atoms with Crippen LogP contribution in [0.15, 0.2) is 5.38 Å². The quantitative estimate of drug-likeness (QED) is 0.769. The van der Waals surface area contributed by atoms with Crippen LogP contribution >= 0.6 is 23.7 Å². The fraction of sp³-hybridized carbons (Fsp3) is 0.667. The Morgan fingerprint density at radius 1 is 1.63 bits per heavy atom. The Hall–Kier alpha value is -0.690. The highest BCUT2D eigenvalue weighted by molar-refractivity contribution is 7.09. The van der Waals surface area contributed by atoms with E-state index in [2.05, 4.69) is 17.2 Å². The smallest absolute Gasteiger partial charge is 0.223 e. The molecule has 1 aromatic rings. The molecule has 1 heterocycles. The Labute approximate surface area is 123 Å². The Morgan fingerprint density at radius 3 is 2.89 bits per heavy atom. The van der Waals surface area contributed by atoms with Crippen LogP contribution in [0.1, 0.15) is 30.5 Å². The largest absolute Gasteiger partial charge is 0.391 e. The van der Waals surface area contributed by atoms with Crippen LogP contribution in [-0.4, -0.2) is 28.1 Å². The third-order valence-corrected chi connectivity index (χ3v) is 4.22. The molecule has 1 aromatic heterocycles. The first-order valence-electron chi connectivity index (χ1n) is 6.24. The average Bonchev–Trinajstić information content (AvgIpc) is 2.94. The second-order valence-corrected chi connectivity index (χ2v) is 5.65. The van der Waals surface area contributed by atoms with Crippen molar-refractivity contribution in [2.45, 2.75) is 44.9 Å². The molecular weight excluding hydrogens is 286 g/mol. The summed E-state index contributed by atoms with van der Waals surface area (Å²) >= 11 is 1.56. The van der Waals surface area contributed by atoms with Crippen LogP contribution in [0, 0.1) is 5.92 Å². The minimum absolute atomic E-state index is 0. The fourth-order valence-electron chi connectivity index (χ4n) is 2.16. The minimum atomic E-state index is -0.549. The lowest BCUT2D eigenvalue weighted by molar-refractivity contribution is -0.125. The molecule has 0 spiro atoms. The van der Waals surface area contributed by atoms with Crippen LogP contribution in [0.5, 0.6) is 0 Å². The number of halogens is 1. The standard InChI is InChI=1S/C12H19N3O2S.ClH/c1-2-8-6-18-11(15-8)5-14-12(17)7-3-9(13)10(16)4-7;/h6-7,9-10,16H,2-5,13H2,1H3,(H,14,17);1H/t7-,9+,10+;/m0./s1. The second-order valence-electron chi connectivity index (χ2n) is 4.70. The molecule has 0 saturated heterocycles. The monoisotopic (exact) mass is 305 g/mol. The number of carbonyl (C=O) groups excluding carboxylic acids is 1. The molecule has 2 rings (SSSR count). The van der Waals surface area contributed by atoms with Gasteiger partial charge in [-0.15, -0.1) is 23.7 Å². The number of hydrogen-bond donors (Lipinski definition) is 3. The second kappa shape index (κ2) is 7.19. The summed E-state index contributed by atoms with van der Waals surface area (Å²) in [6.07, 6.45) is 1.39. The van der Waals surface area contributed by atoms with Crippen molar-refractivity contribution >= 4 is 29.7 Å². The normalized spacial score (nSPS) is 25.9. The predicted molar refractivity (Wildman–Crippen MR) is 77.3 cm³/mol. The van der Waals surface area contributed by atoms with Gasteiger partial charge in [0.15, 0.2) is 0 Å². The van der Waals surface area contributed by atoms with Crippen molar-refractivity contribution in [2.75, 3.05) is 0 Å². The molecule has 7 heteroatoms. The van der Waals surface area contributed by atoms with Gasteiger partial charge in [-0.2, -0.15) is 0 Å². The molecule has 1 aliphatic rings. The lowest BCUT2D eigenvalue weighted by Crippen LogP contribution is -2.30. The highest BCUT2D eigenvalue weighted by atomic mass is 35.5. The molecule has 4 N–H and O–H groups in total. The Kier molecular flexibility index (Phi) is 6.19. The molecule has 1 amide bonds. The topological polar surface area (TPSA) is 88.2 Å². The van der Waals surface area contributed by atoms with Gasteiger partial charge in [0.2, 0.25) is 5.91 Å². The molecule has 3 atom stereocenters. The zero-order valence-electron chi connectivity index (χ0n) is 10.8. The maximum atomic E-state index is 11.9. The summed E-state index contributed by atoms with van der Waals surface area (Å²) in [6, 6.07) is -0.271. The lowest BCUT2D eigenvalue weighted by Gasteiger charge is -2.09. The van der Waals surface area contributed by atoms with E-state index in [1.165, 1.54) is 0 Å². The van der Waals surface area contributed by atoms with Crippen molar-refractivity contribution in [2.24, 2.45) is 11.7 Å². The maximum Gasteiger partial charge on any atom is 0.223 e. The Bertz CT molecular complexity index is 417. The van der Waals surface area contributed by atoms with Gasteiger partial charge in [-0.05, 0) is 19.3 Å². The average molecular weight is 306 g/mol. The van der Waals surface area contributed by atoms with Gasteiger partial charge in [-0.3, -0.25) is 4.79 Å². The van der Waals surface area contributed by atoms with E-state index in [1.54, 1.807) is 11.3 Å². The number of nitrogens with one attached hydrogen (secondary N) is 1. The van der Waals surface area contributed by atoms with Crippen molar-refractivity contribution in [3.63, 3.8) is 0 Å². The van der Waals surface area contributed by atoms with Gasteiger partial charge >= 0.3 is 0 Å². The Balaban J connectivity index is 0.00000180. The van der Waals surface area contributed by atoms with Crippen LogP contribution in [0.25, 0.3) is 0 Å². The third kappa shape index (κ3) is 4.14. The number of aromatic nitrogens is 1. The van der Waals surface area contributed by atoms with Gasteiger partial charge in [0.1, 0.15) is 5.01 Å². The minimum Gasteiger partial charge on any atom is -0.391 e. The van der Waals surface area contributed by atoms with E-state index in [1.807, 2.05) is 5.38 Å². The first-order valence-corrected chi connectivity index (χ1v) is 7.12. The summed E-state index contributed by atoms with van der Waals surface area (Å²) in [5.41, 5.74) is 6.75. The van der Waals surface area contributed by atoms with Crippen molar-refractivity contribution in [1.29, 1.82) is 0 Å². The number of rotatable bonds is 4. The van der Waals surface area contributed by atoms with Crippen molar-refractivity contribution in [3.05, 3.63) is 16.1 Å². The van der Waals surface area contributed by atoms with Gasteiger partial charge in [0, 0.05) is 17.3 Å². The molecule has 0 unspecified atom stereocenters. The van der Waals surface area contributed by atoms with Crippen molar-refractivity contribution in [1.82, 2.24) is 10.3 Å². The number of aliphatic hydroxyl groups excluding tert-OH is 1. The lowest BCUT2D eigenvalue weighted by atomic mass is 10.1. The van der Waals surface area contributed by atoms with Crippen molar-refractivity contribution in [3.8, 4) is 0 Å². The molecule has 0 aromatic carbocycles. The molecular formula is C12H20ClN3O2S. The summed E-state index contributed by atoms with van der Waals surface area (Å²) in [4.78, 5) is 16.3. The fourth-order valence-corrected chi connectivity index (χ4v) is 2.98. The van der Waals surface area contributed by atoms with Crippen LogP contribution in [0.4, 0.5) is 0 Å². The number of aryl methyl sites for hydroxylation is 1. The van der Waals surface area contributed by atoms with Gasteiger partial charge in [-0.1, -0.05) is 6.92 Å². The molecule has 5 nitrogen and oxygen atoms in total. The molecule has 0 bridgehead atoms. The number of nitrogens with zero attached hydrogens (tertiary/aromatic N) is 1. The molecule has 0 aliphatic heterocycles. The zero-order chi connectivity index (χ0) is 13.1. The molecule has 1 saturated carbocycles. The summed E-state index contributed by atoms with van der Waals surface area (Å²) < 4.78 is 0. The van der Waals surface area contributed by atoms with E-state index in [9.17, 15) is 9.90 Å². The predicted octanol–water partition coefficient (Wildman–Crippen LogP) is 0.842. The summed E-state index contributed by atoms with van der Waals surface area (Å²) in [5, 5.41) is 15.3. The number of carbonyl (C=O) groups is 1. The van der Waals surface area contributed by atoms with Gasteiger partial charge in [0.25, 0.3) is 0 Å². The number of nitrogens with two attached hydrogens (primary N) is 1. The first-order chi connectivity index (χ1) is 8.60. The van der Waals surface area contributed by atoms with Gasteiger partial charge in [-0.25, -0.2) is 4.98 Å². The number of thiazole rings is 1. The molecule has 108 valence electrons. The van der Waals surface area contributed by atoms with E-state index in [4.69, 9.17) is 5.73 Å². The number of hydrogen-bond acceptors (Lipinski definition) is 5. The highest BCUT2D eigenvalue weighted by Crippen LogP contribution is 2.24. The van der Waals surface area contributed by atoms with E-state index in [0.717, 1.165) is 17.1 Å². The van der Waals surface area contributed by atoms with Gasteiger partial charge < -0.3 is 16.2 Å². The van der Waals surface area contributed by atoms with Crippen LogP contribution in [0.3, 0.4) is 0 Å². The van der Waals surface area contributed by atoms with Crippen molar-refractivity contribution < 1.29 is 9.90 Å². The van der Waals surface area contributed by atoms with E-state index in [-0.39, 0.29) is 30.3 Å². The van der Waals surface area contributed by atoms with Crippen LogP contribution < -0.4 is 11.1 Å². The molecule has 19 heavy (non-hydrogen) atoms. The zero-order valence-corrected chi connectivity index (χ0v) is 12.5. The van der Waals surface area contributed by atoms with E-state index < -0.39 is 6.10 Å². The van der Waals surface area contributed by atoms with Gasteiger partial charge in [0.05, 0.1) is 18.3 Å². The molecule has 1 aliphatic carbocycles. The summed E-state index contributed by atoms with van der Waals surface area (Å²) in [7, 11) is 0. The van der Waals surface area contributed by atoms with E-state index in [0.29, 0.717) is 19.4 Å². The number of aliphatic hydroxyl groups is 1. The molecule has 1 fully saturated rings. The summed E-state index contributed by atoms with van der Waals surface area (Å²) in [5.74, 6) is -0.198. The summed E-state index contributed by atoms with van der Waals surface area (Å²) in [6.45, 7) is 2.52. The molecule has 0 radical (unpaired) electrons. The SMILES string of the molecule is CCc1csc(CNC(=O)[C@H]2C[C@@H](N)[C@H](O)C2)n1.Cl. The van der Waals surface area contributed by atoms with Crippen LogP contribution in [0.2, 0.25) is 0 Å². The number of amides is 1. The third-order valence-electron chi connectivity index (χ3n) is 3.32. The highest BCUT2D eigenvalue weighted by Gasteiger charge is 2.34. The van der Waals surface area contributed by atoms with Crippen LogP contribution in [-0.2, 0) is 17.8 Å².